The number of para-hydroxylation sites is 2. The van der Waals surface area contributed by atoms with Crippen molar-refractivity contribution in [2.75, 3.05) is 11.9 Å². The van der Waals surface area contributed by atoms with E-state index >= 15 is 0 Å². The van der Waals surface area contributed by atoms with Crippen molar-refractivity contribution in [3.8, 4) is 11.8 Å². The Kier molecular flexibility index (Phi) is 5.50. The molecule has 1 amide bonds. The van der Waals surface area contributed by atoms with Gasteiger partial charge in [-0.3, -0.25) is 9.78 Å². The Bertz CT molecular complexity index is 665. The number of aromatic nitrogens is 1. The molecule has 0 saturated heterocycles. The van der Waals surface area contributed by atoms with Crippen molar-refractivity contribution in [3.63, 3.8) is 0 Å². The standard InChI is InChI=1S/C17H17N3O2/c1-2-22-16-6-4-3-5-15(16)20-17(21)14(12-18)11-13-7-9-19-10-8-13/h3-10,14H,2,11H2,1H3,(H,20,21)/t14-/m0/s1. The zero-order valence-electron chi connectivity index (χ0n) is 12.3. The molecule has 22 heavy (non-hydrogen) atoms. The summed E-state index contributed by atoms with van der Waals surface area (Å²) >= 11 is 0. The number of carbonyl (C=O) groups excluding carboxylic acids is 1. The van der Waals surface area contributed by atoms with E-state index in [1.807, 2.05) is 25.1 Å². The van der Waals surface area contributed by atoms with Crippen LogP contribution in [0.15, 0.2) is 48.8 Å². The number of rotatable bonds is 6. The molecule has 0 aliphatic rings. The number of nitrogens with zero attached hydrogens (tertiary/aromatic N) is 2. The van der Waals surface area contributed by atoms with E-state index in [9.17, 15) is 10.1 Å². The smallest absolute Gasteiger partial charge is 0.242 e. The molecule has 112 valence electrons. The largest absolute Gasteiger partial charge is 0.492 e. The number of pyridine rings is 1. The van der Waals surface area contributed by atoms with Gasteiger partial charge in [0.25, 0.3) is 0 Å². The minimum atomic E-state index is -0.767. The summed E-state index contributed by atoms with van der Waals surface area (Å²) in [4.78, 5) is 16.2. The van der Waals surface area contributed by atoms with Crippen molar-refractivity contribution < 1.29 is 9.53 Å². The maximum Gasteiger partial charge on any atom is 0.242 e. The molecule has 5 nitrogen and oxygen atoms in total. The highest BCUT2D eigenvalue weighted by Gasteiger charge is 2.19. The molecule has 1 atom stereocenters. The van der Waals surface area contributed by atoms with Crippen molar-refractivity contribution in [2.24, 2.45) is 5.92 Å². The van der Waals surface area contributed by atoms with Crippen LogP contribution >= 0.6 is 0 Å². The number of amides is 1. The van der Waals surface area contributed by atoms with Crippen LogP contribution in [0.2, 0.25) is 0 Å². The third kappa shape index (κ3) is 4.06. The summed E-state index contributed by atoms with van der Waals surface area (Å²) in [6, 6.07) is 12.8. The van der Waals surface area contributed by atoms with Crippen LogP contribution in [0.4, 0.5) is 5.69 Å². The van der Waals surface area contributed by atoms with Gasteiger partial charge in [0.2, 0.25) is 5.91 Å². The van der Waals surface area contributed by atoms with Gasteiger partial charge in [-0.05, 0) is 43.2 Å². The van der Waals surface area contributed by atoms with E-state index in [2.05, 4.69) is 10.3 Å². The molecule has 0 aliphatic carbocycles. The Morgan fingerprint density at radius 3 is 2.73 bits per heavy atom. The Hall–Kier alpha value is -2.87. The first-order valence-corrected chi connectivity index (χ1v) is 7.05. The minimum absolute atomic E-state index is 0.341. The van der Waals surface area contributed by atoms with E-state index in [4.69, 9.17) is 4.74 Å². The number of ether oxygens (including phenoxy) is 1. The van der Waals surface area contributed by atoms with Gasteiger partial charge in [0.15, 0.2) is 0 Å². The van der Waals surface area contributed by atoms with Gasteiger partial charge >= 0.3 is 0 Å². The number of anilines is 1. The van der Waals surface area contributed by atoms with Crippen LogP contribution in [0, 0.1) is 17.2 Å². The topological polar surface area (TPSA) is 75.0 Å². The molecule has 1 N–H and O–H groups in total. The van der Waals surface area contributed by atoms with Gasteiger partial charge in [0, 0.05) is 12.4 Å². The highest BCUT2D eigenvalue weighted by atomic mass is 16.5. The molecular weight excluding hydrogens is 278 g/mol. The van der Waals surface area contributed by atoms with E-state index in [-0.39, 0.29) is 5.91 Å². The lowest BCUT2D eigenvalue weighted by molar-refractivity contribution is -0.118. The first-order valence-electron chi connectivity index (χ1n) is 7.05. The van der Waals surface area contributed by atoms with Crippen LogP contribution < -0.4 is 10.1 Å². The minimum Gasteiger partial charge on any atom is -0.492 e. The normalized spacial score (nSPS) is 11.3. The molecule has 2 rings (SSSR count). The van der Waals surface area contributed by atoms with Crippen LogP contribution in [-0.4, -0.2) is 17.5 Å². The highest BCUT2D eigenvalue weighted by molar-refractivity contribution is 5.95. The summed E-state index contributed by atoms with van der Waals surface area (Å²) in [6.07, 6.45) is 3.64. The van der Waals surface area contributed by atoms with Crippen LogP contribution in [-0.2, 0) is 11.2 Å². The predicted octanol–water partition coefficient (Wildman–Crippen LogP) is 2.80. The molecule has 0 radical (unpaired) electrons. The zero-order valence-corrected chi connectivity index (χ0v) is 12.3. The Labute approximate surface area is 129 Å². The van der Waals surface area contributed by atoms with Gasteiger partial charge in [-0.2, -0.15) is 5.26 Å². The van der Waals surface area contributed by atoms with Crippen LogP contribution in [0.5, 0.6) is 5.75 Å². The predicted molar refractivity (Wildman–Crippen MR) is 83.3 cm³/mol. The Balaban J connectivity index is 2.08. The summed E-state index contributed by atoms with van der Waals surface area (Å²) in [7, 11) is 0. The lowest BCUT2D eigenvalue weighted by atomic mass is 10.0. The highest BCUT2D eigenvalue weighted by Crippen LogP contribution is 2.24. The number of hydrogen-bond donors (Lipinski definition) is 1. The summed E-state index contributed by atoms with van der Waals surface area (Å²) in [6.45, 7) is 2.38. The average molecular weight is 295 g/mol. The average Bonchev–Trinajstić information content (AvgIpc) is 2.55. The number of nitrogens with one attached hydrogen (secondary N) is 1. The first kappa shape index (κ1) is 15.5. The molecule has 0 fully saturated rings. The molecule has 2 aromatic rings. The molecule has 0 unspecified atom stereocenters. The van der Waals surface area contributed by atoms with Crippen molar-refractivity contribution in [1.29, 1.82) is 5.26 Å². The third-order valence-corrected chi connectivity index (χ3v) is 3.11. The molecule has 1 aromatic carbocycles. The maximum atomic E-state index is 12.3. The van der Waals surface area contributed by atoms with Gasteiger partial charge < -0.3 is 10.1 Å². The number of nitriles is 1. The number of hydrogen-bond acceptors (Lipinski definition) is 4. The fourth-order valence-corrected chi connectivity index (χ4v) is 2.02. The fraction of sp³-hybridized carbons (Fsp3) is 0.235. The molecule has 1 aromatic heterocycles. The van der Waals surface area contributed by atoms with E-state index < -0.39 is 5.92 Å². The number of carbonyl (C=O) groups is 1. The van der Waals surface area contributed by atoms with E-state index in [1.165, 1.54) is 0 Å². The second kappa shape index (κ2) is 7.79. The van der Waals surface area contributed by atoms with Crippen LogP contribution in [0.3, 0.4) is 0 Å². The summed E-state index contributed by atoms with van der Waals surface area (Å²) in [5, 5.41) is 12.0. The van der Waals surface area contributed by atoms with E-state index in [0.29, 0.717) is 24.5 Å². The summed E-state index contributed by atoms with van der Waals surface area (Å²) < 4.78 is 5.46. The van der Waals surface area contributed by atoms with Gasteiger partial charge in [-0.15, -0.1) is 0 Å². The molecule has 0 spiro atoms. The Morgan fingerprint density at radius 1 is 1.32 bits per heavy atom. The molecule has 0 bridgehead atoms. The second-order valence-electron chi connectivity index (χ2n) is 4.66. The van der Waals surface area contributed by atoms with Crippen LogP contribution in [0.1, 0.15) is 12.5 Å². The van der Waals surface area contributed by atoms with Gasteiger partial charge in [0.05, 0.1) is 18.4 Å². The van der Waals surface area contributed by atoms with E-state index in [0.717, 1.165) is 5.56 Å². The SMILES string of the molecule is CCOc1ccccc1NC(=O)[C@H](C#N)Cc1ccncc1. The monoisotopic (exact) mass is 295 g/mol. The van der Waals surface area contributed by atoms with E-state index in [1.54, 1.807) is 36.7 Å². The van der Waals surface area contributed by atoms with Gasteiger partial charge in [0.1, 0.15) is 11.7 Å². The lowest BCUT2D eigenvalue weighted by Crippen LogP contribution is -2.23. The molecule has 0 saturated carbocycles. The zero-order chi connectivity index (χ0) is 15.8. The molecule has 0 aliphatic heterocycles. The van der Waals surface area contributed by atoms with Crippen molar-refractivity contribution >= 4 is 11.6 Å². The summed E-state index contributed by atoms with van der Waals surface area (Å²) in [5.74, 6) is -0.512. The van der Waals surface area contributed by atoms with Crippen molar-refractivity contribution in [2.45, 2.75) is 13.3 Å². The fourth-order valence-electron chi connectivity index (χ4n) is 2.02. The molecule has 1 heterocycles. The van der Waals surface area contributed by atoms with Crippen molar-refractivity contribution in [1.82, 2.24) is 4.98 Å². The third-order valence-electron chi connectivity index (χ3n) is 3.11. The first-order chi connectivity index (χ1) is 10.7. The number of benzene rings is 1. The molecular formula is C17H17N3O2. The quantitative estimate of drug-likeness (QED) is 0.889. The Morgan fingerprint density at radius 2 is 2.05 bits per heavy atom. The summed E-state index contributed by atoms with van der Waals surface area (Å²) in [5.41, 5.74) is 1.47. The second-order valence-corrected chi connectivity index (χ2v) is 4.66. The maximum absolute atomic E-state index is 12.3. The van der Waals surface area contributed by atoms with Crippen LogP contribution in [0.25, 0.3) is 0 Å². The van der Waals surface area contributed by atoms with Gasteiger partial charge in [-0.25, -0.2) is 0 Å². The van der Waals surface area contributed by atoms with Gasteiger partial charge in [-0.1, -0.05) is 12.1 Å². The molecule has 5 heteroatoms. The van der Waals surface area contributed by atoms with Crippen molar-refractivity contribution in [3.05, 3.63) is 54.4 Å². The lowest BCUT2D eigenvalue weighted by Gasteiger charge is -2.13.